The second kappa shape index (κ2) is 7.74. The van der Waals surface area contributed by atoms with E-state index in [0.717, 1.165) is 21.2 Å². The lowest BCUT2D eigenvalue weighted by atomic mass is 9.70. The third-order valence-corrected chi connectivity index (χ3v) is 6.56. The van der Waals surface area contributed by atoms with Gasteiger partial charge in [-0.15, -0.1) is 0 Å². The third-order valence-electron chi connectivity index (χ3n) is 6.03. The van der Waals surface area contributed by atoms with Crippen molar-refractivity contribution in [1.29, 1.82) is 0 Å². The fourth-order valence-electron chi connectivity index (χ4n) is 4.73. The van der Waals surface area contributed by atoms with E-state index >= 15 is 0 Å². The quantitative estimate of drug-likeness (QED) is 0.453. The van der Waals surface area contributed by atoms with Gasteiger partial charge < -0.3 is 21.3 Å². The highest BCUT2D eigenvalue weighted by Crippen LogP contribution is 2.47. The number of nitrogens with one attached hydrogen (secondary N) is 4. The highest BCUT2D eigenvalue weighted by molar-refractivity contribution is 9.10. The van der Waals surface area contributed by atoms with Gasteiger partial charge in [-0.05, 0) is 28.8 Å². The van der Waals surface area contributed by atoms with Gasteiger partial charge in [-0.1, -0.05) is 88.7 Å². The van der Waals surface area contributed by atoms with Gasteiger partial charge in [-0.25, -0.2) is 9.59 Å². The molecule has 2 unspecified atom stereocenters. The first-order valence-electron chi connectivity index (χ1n) is 10.1. The van der Waals surface area contributed by atoms with Crippen molar-refractivity contribution in [2.24, 2.45) is 5.92 Å². The van der Waals surface area contributed by atoms with E-state index in [9.17, 15) is 9.59 Å². The van der Waals surface area contributed by atoms with Gasteiger partial charge in [0.1, 0.15) is 5.66 Å². The maximum Gasteiger partial charge on any atom is 0.317 e. The number of urea groups is 2. The summed E-state index contributed by atoms with van der Waals surface area (Å²) in [7, 11) is 0. The molecule has 0 radical (unpaired) electrons. The molecule has 2 aliphatic rings. The molecule has 7 heteroatoms. The van der Waals surface area contributed by atoms with E-state index in [4.69, 9.17) is 0 Å². The summed E-state index contributed by atoms with van der Waals surface area (Å²) in [5.41, 5.74) is 1.67. The molecule has 156 valence electrons. The lowest BCUT2D eigenvalue weighted by molar-refractivity contribution is 0.0557. The first kappa shape index (κ1) is 19.6. The number of fused-ring (bicyclic) bond motifs is 1. The number of rotatable bonds is 3. The summed E-state index contributed by atoms with van der Waals surface area (Å²) in [6, 6.07) is 26.1. The van der Waals surface area contributed by atoms with Gasteiger partial charge in [0.05, 0.1) is 18.0 Å². The first-order chi connectivity index (χ1) is 15.1. The molecule has 5 rings (SSSR count). The minimum Gasteiger partial charge on any atom is -0.331 e. The molecule has 3 aromatic rings. The van der Waals surface area contributed by atoms with Gasteiger partial charge in [-0.2, -0.15) is 0 Å². The molecular weight excluding hydrogens is 456 g/mol. The van der Waals surface area contributed by atoms with Crippen molar-refractivity contribution < 1.29 is 9.59 Å². The van der Waals surface area contributed by atoms with Crippen molar-refractivity contribution in [3.8, 4) is 0 Å². The Bertz CT molecular complexity index is 1040. The Morgan fingerprint density at radius 1 is 0.645 bits per heavy atom. The van der Waals surface area contributed by atoms with Crippen LogP contribution < -0.4 is 21.3 Å². The predicted molar refractivity (Wildman–Crippen MR) is 121 cm³/mol. The second-order valence-electron chi connectivity index (χ2n) is 7.81. The van der Waals surface area contributed by atoms with Crippen molar-refractivity contribution >= 4 is 28.0 Å². The van der Waals surface area contributed by atoms with E-state index in [-0.39, 0.29) is 30.1 Å². The molecule has 2 heterocycles. The maximum atomic E-state index is 12.9. The van der Waals surface area contributed by atoms with Crippen LogP contribution in [0.15, 0.2) is 89.4 Å². The van der Waals surface area contributed by atoms with Gasteiger partial charge in [-0.3, -0.25) is 0 Å². The van der Waals surface area contributed by atoms with Crippen LogP contribution in [0.25, 0.3) is 0 Å². The summed E-state index contributed by atoms with van der Waals surface area (Å²) in [5, 5.41) is 12.3. The molecule has 4 amide bonds. The largest absolute Gasteiger partial charge is 0.331 e. The number of halogens is 1. The van der Waals surface area contributed by atoms with E-state index in [2.05, 4.69) is 37.2 Å². The molecule has 0 aliphatic carbocycles. The molecule has 0 spiro atoms. The Morgan fingerprint density at radius 2 is 1.10 bits per heavy atom. The Balaban J connectivity index is 1.73. The summed E-state index contributed by atoms with van der Waals surface area (Å²) in [6.45, 7) is 0. The zero-order valence-corrected chi connectivity index (χ0v) is 18.1. The van der Waals surface area contributed by atoms with Crippen LogP contribution in [0.4, 0.5) is 9.59 Å². The number of carbonyl (C=O) groups excluding carboxylic acids is 2. The second-order valence-corrected chi connectivity index (χ2v) is 8.73. The summed E-state index contributed by atoms with van der Waals surface area (Å²) in [6.07, 6.45) is 0. The van der Waals surface area contributed by atoms with E-state index in [0.29, 0.717) is 0 Å². The summed E-state index contributed by atoms with van der Waals surface area (Å²) >= 11 is 3.48. The number of benzene rings is 3. The molecule has 6 nitrogen and oxygen atoms in total. The van der Waals surface area contributed by atoms with E-state index in [1.807, 2.05) is 84.9 Å². The maximum absolute atomic E-state index is 12.9. The van der Waals surface area contributed by atoms with Gasteiger partial charge in [0.15, 0.2) is 0 Å². The Morgan fingerprint density at radius 3 is 1.55 bits per heavy atom. The van der Waals surface area contributed by atoms with Gasteiger partial charge >= 0.3 is 12.1 Å². The summed E-state index contributed by atoms with van der Waals surface area (Å²) < 4.78 is 0.920. The predicted octanol–water partition coefficient (Wildman–Crippen LogP) is 4.33. The van der Waals surface area contributed by atoms with Crippen LogP contribution in [0, 0.1) is 5.92 Å². The highest BCUT2D eigenvalue weighted by atomic mass is 79.9. The summed E-state index contributed by atoms with van der Waals surface area (Å²) in [5.74, 6) is -0.256. The normalized spacial score (nSPS) is 27.2. The third kappa shape index (κ3) is 3.45. The van der Waals surface area contributed by atoms with Crippen molar-refractivity contribution in [2.75, 3.05) is 0 Å². The molecule has 0 saturated carbocycles. The van der Waals surface area contributed by atoms with Crippen molar-refractivity contribution in [1.82, 2.24) is 21.3 Å². The van der Waals surface area contributed by atoms with Crippen molar-refractivity contribution in [2.45, 2.75) is 17.7 Å². The van der Waals surface area contributed by atoms with Crippen LogP contribution >= 0.6 is 15.9 Å². The number of hydrogen-bond donors (Lipinski definition) is 4. The molecule has 0 aromatic heterocycles. The smallest absolute Gasteiger partial charge is 0.317 e. The fraction of sp³-hybridized carbons (Fsp3) is 0.167. The zero-order chi connectivity index (χ0) is 21.4. The number of hydrogen-bond acceptors (Lipinski definition) is 2. The number of amides is 4. The minimum absolute atomic E-state index is 0.256. The number of carbonyl (C=O) groups is 2. The van der Waals surface area contributed by atoms with Crippen molar-refractivity contribution in [3.63, 3.8) is 0 Å². The topological polar surface area (TPSA) is 82.3 Å². The Labute approximate surface area is 188 Å². The summed E-state index contributed by atoms with van der Waals surface area (Å²) in [4.78, 5) is 25.8. The van der Waals surface area contributed by atoms with E-state index < -0.39 is 5.66 Å². The van der Waals surface area contributed by atoms with Crippen LogP contribution in [-0.4, -0.2) is 12.1 Å². The standard InChI is InChI=1S/C24H21BrN4O2/c25-18-13-11-17(12-14-18)24-19(20(26-22(30)28-24)15-7-3-1-4-8-15)21(27-23(31)29-24)16-9-5-2-6-10-16/h1-14,19-21H,(H2,26,28,30)(H2,27,29,31)/t19?,20-,21+,24?. The molecule has 3 aromatic carbocycles. The minimum atomic E-state index is -1.09. The molecule has 2 saturated heterocycles. The first-order valence-corrected chi connectivity index (χ1v) is 10.9. The van der Waals surface area contributed by atoms with Crippen LogP contribution in [0.1, 0.15) is 28.8 Å². The van der Waals surface area contributed by atoms with Crippen molar-refractivity contribution in [3.05, 3.63) is 106 Å². The SMILES string of the molecule is O=C1N[C@H](c2ccccc2)C2[C@H](c3ccccc3)NC(=O)NC2(c2ccc(Br)cc2)N1. The van der Waals surface area contributed by atoms with Gasteiger partial charge in [0.2, 0.25) is 0 Å². The molecule has 4 atom stereocenters. The molecule has 31 heavy (non-hydrogen) atoms. The highest BCUT2D eigenvalue weighted by Gasteiger charge is 2.57. The fourth-order valence-corrected chi connectivity index (χ4v) is 5.00. The Hall–Kier alpha value is -3.32. The molecular formula is C24H21BrN4O2. The van der Waals surface area contributed by atoms with Crippen LogP contribution in [0.3, 0.4) is 0 Å². The molecule has 2 aliphatic heterocycles. The zero-order valence-electron chi connectivity index (χ0n) is 16.5. The monoisotopic (exact) mass is 476 g/mol. The van der Waals surface area contributed by atoms with E-state index in [1.54, 1.807) is 0 Å². The molecule has 4 N–H and O–H groups in total. The van der Waals surface area contributed by atoms with Crippen LogP contribution in [0.2, 0.25) is 0 Å². The molecule has 2 fully saturated rings. The average Bonchev–Trinajstić information content (AvgIpc) is 2.79. The van der Waals surface area contributed by atoms with Crippen LogP contribution in [0.5, 0.6) is 0 Å². The van der Waals surface area contributed by atoms with Crippen LogP contribution in [-0.2, 0) is 5.66 Å². The average molecular weight is 477 g/mol. The van der Waals surface area contributed by atoms with E-state index in [1.165, 1.54) is 0 Å². The van der Waals surface area contributed by atoms with Gasteiger partial charge in [0, 0.05) is 4.47 Å². The Kier molecular flexibility index (Phi) is 4.90. The van der Waals surface area contributed by atoms with Gasteiger partial charge in [0.25, 0.3) is 0 Å². The lowest BCUT2D eigenvalue weighted by Crippen LogP contribution is -2.75. The molecule has 0 bridgehead atoms. The lowest BCUT2D eigenvalue weighted by Gasteiger charge is -2.54.